The molecule has 0 radical (unpaired) electrons. The van der Waals surface area contributed by atoms with Crippen LogP contribution in [0.2, 0.25) is 20.1 Å². The topological polar surface area (TPSA) is 157 Å². The zero-order valence-corrected chi connectivity index (χ0v) is 64.8. The summed E-state index contributed by atoms with van der Waals surface area (Å²) in [6.07, 6.45) is 0. The Morgan fingerprint density at radius 2 is 0.472 bits per heavy atom. The van der Waals surface area contributed by atoms with Crippen molar-refractivity contribution in [3.8, 4) is 45.6 Å². The van der Waals surface area contributed by atoms with Gasteiger partial charge in [0, 0.05) is 130 Å². The Labute approximate surface area is 661 Å². The number of para-hydroxylation sites is 4. The van der Waals surface area contributed by atoms with Crippen molar-refractivity contribution in [1.82, 2.24) is 39.9 Å². The number of hydrogen-bond acceptors (Lipinski definition) is 14. The summed E-state index contributed by atoms with van der Waals surface area (Å²) in [7, 11) is 0. The Kier molecular flexibility index (Phi) is 20.2. The third-order valence-electron chi connectivity index (χ3n) is 19.2. The van der Waals surface area contributed by atoms with Crippen molar-refractivity contribution in [2.24, 2.45) is 0 Å². The second-order valence-corrected chi connectivity index (χ2v) is 32.4. The van der Waals surface area contributed by atoms with E-state index in [0.29, 0.717) is 99.0 Å². The number of rotatable bonds is 20. The summed E-state index contributed by atoms with van der Waals surface area (Å²) >= 11 is 36.6. The van der Waals surface area contributed by atoms with Crippen LogP contribution in [0.15, 0.2) is 306 Å². The van der Waals surface area contributed by atoms with Crippen molar-refractivity contribution in [3.63, 3.8) is 0 Å². The van der Waals surface area contributed by atoms with E-state index in [4.69, 9.17) is 76.3 Å². The van der Waals surface area contributed by atoms with Crippen LogP contribution in [0.25, 0.3) is 89.7 Å². The van der Waals surface area contributed by atoms with Crippen LogP contribution in [0.5, 0.6) is 0 Å². The van der Waals surface area contributed by atoms with E-state index in [0.717, 1.165) is 94.9 Å². The maximum atomic E-state index is 7.59. The van der Waals surface area contributed by atoms with E-state index in [2.05, 4.69) is 229 Å². The maximum Gasteiger partial charge on any atom is 0.164 e. The molecule has 0 saturated carbocycles. The fourth-order valence-electron chi connectivity index (χ4n) is 13.5. The first-order chi connectivity index (χ1) is 52.7. The van der Waals surface area contributed by atoms with E-state index >= 15 is 0 Å². The van der Waals surface area contributed by atoms with Crippen LogP contribution in [0.4, 0.5) is 22.7 Å². The van der Waals surface area contributed by atoms with Gasteiger partial charge in [-0.25, -0.2) is 29.9 Å². The first kappa shape index (κ1) is 70.7. The lowest BCUT2D eigenvalue weighted by Crippen LogP contribution is -2.07. The van der Waals surface area contributed by atoms with Crippen molar-refractivity contribution in [2.75, 3.05) is 21.3 Å². The first-order valence-electron chi connectivity index (χ1n) is 35.3. The Morgan fingerprint density at radius 1 is 0.250 bits per heavy atom. The largest absolute Gasteiger partial charge is 0.378 e. The first-order valence-corrected chi connectivity index (χ1v) is 40.0. The van der Waals surface area contributed by atoms with Gasteiger partial charge in [0.2, 0.25) is 0 Å². The Hall–Kier alpha value is -10.2. The molecule has 0 spiro atoms. The zero-order valence-electron chi connectivity index (χ0n) is 58.5. The molecule has 5 heterocycles. The average molecular weight is 1560 g/mol. The second kappa shape index (κ2) is 30.8. The van der Waals surface area contributed by atoms with Crippen LogP contribution < -0.4 is 21.3 Å². The molecule has 12 aromatic carbocycles. The highest BCUT2D eigenvalue weighted by Crippen LogP contribution is 2.50. The third-order valence-corrected chi connectivity index (χ3v) is 25.4. The molecule has 2 aliphatic rings. The molecule has 20 heteroatoms. The molecule has 2 aliphatic heterocycles. The summed E-state index contributed by atoms with van der Waals surface area (Å²) in [5.41, 5.74) is 13.1. The molecule has 3 aromatic heterocycles. The van der Waals surface area contributed by atoms with Gasteiger partial charge in [0.15, 0.2) is 23.3 Å². The fraction of sp³-hybridized carbons (Fsp3) is 0.0909. The summed E-state index contributed by atoms with van der Waals surface area (Å²) in [5, 5.41) is 20.0. The lowest BCUT2D eigenvalue weighted by atomic mass is 10.1. The van der Waals surface area contributed by atoms with Gasteiger partial charge < -0.3 is 31.2 Å². The molecule has 0 saturated heterocycles. The molecule has 17 rings (SSSR count). The van der Waals surface area contributed by atoms with E-state index < -0.39 is 0 Å². The fourth-order valence-corrected chi connectivity index (χ4v) is 18.4. The quantitative estimate of drug-likeness (QED) is 0.0428. The van der Waals surface area contributed by atoms with Gasteiger partial charge >= 0.3 is 0 Å². The highest BCUT2D eigenvalue weighted by atomic mass is 35.5. The predicted molar refractivity (Wildman–Crippen MR) is 452 cm³/mol. The number of aromatic amines is 2. The molecule has 12 nitrogen and oxygen atoms in total. The number of halogens is 4. The molecule has 0 amide bonds. The monoisotopic (exact) mass is 1560 g/mol. The number of benzene rings is 12. The number of fused-ring (bicyclic) bond motifs is 20. The normalized spacial score (nSPS) is 12.8. The minimum absolute atomic E-state index is 0.0166. The third kappa shape index (κ3) is 14.7. The maximum absolute atomic E-state index is 7.59. The molecule has 0 fully saturated rings. The number of nitrogens with zero attached hydrogens (tertiary/aromatic N) is 6. The van der Waals surface area contributed by atoms with E-state index in [1.54, 1.807) is 47.0 Å². The van der Waals surface area contributed by atoms with Gasteiger partial charge in [0.1, 0.15) is 22.6 Å². The number of anilines is 4. The Balaban J connectivity index is 0.869. The SMILES string of the molecule is CC(Nc1ccccc1Sc1cc2c(cc1Cl)-c1nc-2nc2[nH]c(nc3nc(nc4[nH]c(n1)c1cc(Sc5ccccc5NC(C)c5ccccc5)c(Cl)cc41)-c1cc(Sc4ccccc4NC(C)c4ccccc4)c(Cl)cc1-3)c1cc(Sc3ccccc3NC(C)c3ccccc3)c(Cl)cc21)c1ccccc1. The Bertz CT molecular complexity index is 5760. The van der Waals surface area contributed by atoms with Crippen molar-refractivity contribution >= 4 is 160 Å². The molecule has 15 aromatic rings. The van der Waals surface area contributed by atoms with Gasteiger partial charge in [-0.05, 0) is 147 Å². The van der Waals surface area contributed by atoms with Crippen LogP contribution in [-0.2, 0) is 0 Å². The summed E-state index contributed by atoms with van der Waals surface area (Å²) in [6, 6.07) is 90.8. The van der Waals surface area contributed by atoms with Crippen LogP contribution in [0, 0.1) is 0 Å². The zero-order chi connectivity index (χ0) is 73.5. The van der Waals surface area contributed by atoms with E-state index in [9.17, 15) is 0 Å². The summed E-state index contributed by atoms with van der Waals surface area (Å²) < 4.78 is 0. The van der Waals surface area contributed by atoms with Gasteiger partial charge in [-0.2, -0.15) is 0 Å². The molecule has 4 atom stereocenters. The van der Waals surface area contributed by atoms with E-state index in [1.807, 2.05) is 97.1 Å². The van der Waals surface area contributed by atoms with Crippen molar-refractivity contribution in [3.05, 3.63) is 309 Å². The molecular weight excluding hydrogens is 1500 g/mol. The summed E-state index contributed by atoms with van der Waals surface area (Å²) in [5.74, 6) is 1.50. The van der Waals surface area contributed by atoms with Crippen LogP contribution in [0.3, 0.4) is 0 Å². The van der Waals surface area contributed by atoms with Crippen molar-refractivity contribution in [2.45, 2.75) is 91.0 Å². The molecular formula is C88H66Cl4N12S4. The van der Waals surface area contributed by atoms with Gasteiger partial charge in [-0.15, -0.1) is 0 Å². The number of aromatic nitrogens is 8. The molecule has 530 valence electrons. The molecule has 4 unspecified atom stereocenters. The second-order valence-electron chi connectivity index (χ2n) is 26.4. The van der Waals surface area contributed by atoms with Gasteiger partial charge in [0.25, 0.3) is 0 Å². The van der Waals surface area contributed by atoms with Gasteiger partial charge in [-0.1, -0.05) is 263 Å². The van der Waals surface area contributed by atoms with E-state index in [-0.39, 0.29) is 24.2 Å². The lowest BCUT2D eigenvalue weighted by Gasteiger charge is -2.18. The predicted octanol–water partition coefficient (Wildman–Crippen LogP) is 26.8. The van der Waals surface area contributed by atoms with Gasteiger partial charge in [0.05, 0.1) is 20.1 Å². The smallest absolute Gasteiger partial charge is 0.164 e. The highest BCUT2D eigenvalue weighted by Gasteiger charge is 2.28. The van der Waals surface area contributed by atoms with E-state index in [1.165, 1.54) is 0 Å². The summed E-state index contributed by atoms with van der Waals surface area (Å²) in [6.45, 7) is 8.64. The van der Waals surface area contributed by atoms with Crippen LogP contribution in [-0.4, -0.2) is 39.9 Å². The number of H-pyrrole nitrogens is 2. The Morgan fingerprint density at radius 3 is 0.750 bits per heavy atom. The van der Waals surface area contributed by atoms with Crippen LogP contribution >= 0.6 is 93.5 Å². The van der Waals surface area contributed by atoms with Crippen LogP contribution in [0.1, 0.15) is 74.1 Å². The molecule has 108 heavy (non-hydrogen) atoms. The van der Waals surface area contributed by atoms with Crippen molar-refractivity contribution in [1.29, 1.82) is 0 Å². The molecule has 8 bridgehead atoms. The molecule has 6 N–H and O–H groups in total. The van der Waals surface area contributed by atoms with Gasteiger partial charge in [-0.3, -0.25) is 0 Å². The average Bonchev–Trinajstić information content (AvgIpc) is 1.59. The summed E-state index contributed by atoms with van der Waals surface area (Å²) in [4.78, 5) is 47.5. The minimum atomic E-state index is 0.0166. The number of hydrogen-bond donors (Lipinski definition) is 6. The standard InChI is InChI=1S/C88H66Cl4N12S4/c1-49(53-25-9-5-10-26-53)93-69-33-17-21-37-73(69)105-77-45-61-57(41-65(77)89)81-97-85(61)101-82-58-42-66(90)78(106-74-38-22-18-34-70(74)94-50(2)54-27-11-6-12-28-54)46-62(58)87(98-82)103-84-60-44-68(92)80(108-76-40-24-20-36-72(76)96-52(4)56-31-15-8-16-32-56)48-64(60)88(100-84)104-83-59-43-67(91)79(47-63(59)86(99-83)102-81)107-75-39-23-19-35-71(75)95-51(3)55-29-13-7-14-30-55/h5-52,93-96H,1-4H3,(H2,97,98,99,100,101,102,103,104). The molecule has 0 aliphatic carbocycles. The van der Waals surface area contributed by atoms with Crippen molar-refractivity contribution < 1.29 is 0 Å². The number of nitrogens with one attached hydrogen (secondary N) is 6. The lowest BCUT2D eigenvalue weighted by molar-refractivity contribution is 0.879. The minimum Gasteiger partial charge on any atom is -0.378 e. The highest BCUT2D eigenvalue weighted by molar-refractivity contribution is 8.00.